The molecule has 1 amide bonds. The SMILES string of the molecule is CC(C)(C)OC(=O)NCc1cc(C(=O)c2cc(F)cc(OC(F)(F)C(F)F)c2)ccc1F. The van der Waals surface area contributed by atoms with E-state index in [2.05, 4.69) is 10.1 Å². The van der Waals surface area contributed by atoms with Crippen LogP contribution in [0.1, 0.15) is 42.3 Å². The Hall–Kier alpha value is -3.24. The van der Waals surface area contributed by atoms with Gasteiger partial charge in [-0.15, -0.1) is 0 Å². The van der Waals surface area contributed by atoms with Crippen LogP contribution in [0.4, 0.5) is 31.1 Å². The molecule has 0 aliphatic heterocycles. The molecule has 0 fully saturated rings. The van der Waals surface area contributed by atoms with Crippen molar-refractivity contribution in [2.75, 3.05) is 0 Å². The van der Waals surface area contributed by atoms with Gasteiger partial charge in [0.15, 0.2) is 5.78 Å². The summed E-state index contributed by atoms with van der Waals surface area (Å²) in [4.78, 5) is 24.4. The minimum Gasteiger partial charge on any atom is -0.444 e. The van der Waals surface area contributed by atoms with Crippen LogP contribution in [-0.2, 0) is 11.3 Å². The number of alkyl halides is 4. The number of nitrogens with one attached hydrogen (secondary N) is 1. The normalized spacial score (nSPS) is 11.9. The Balaban J connectivity index is 2.25. The second-order valence-corrected chi connectivity index (χ2v) is 7.63. The largest absolute Gasteiger partial charge is 0.461 e. The van der Waals surface area contributed by atoms with Gasteiger partial charge in [-0.25, -0.2) is 13.6 Å². The molecule has 0 unspecified atom stereocenters. The first-order valence-corrected chi connectivity index (χ1v) is 9.13. The molecule has 174 valence electrons. The molecule has 0 aliphatic carbocycles. The summed E-state index contributed by atoms with van der Waals surface area (Å²) in [6, 6.07) is 4.78. The van der Waals surface area contributed by atoms with Gasteiger partial charge in [-0.3, -0.25) is 4.79 Å². The molecule has 0 saturated heterocycles. The van der Waals surface area contributed by atoms with E-state index in [4.69, 9.17) is 4.74 Å². The number of alkyl carbamates (subject to hydrolysis) is 1. The fraction of sp³-hybridized carbons (Fsp3) is 0.333. The monoisotopic (exact) mass is 463 g/mol. The molecular weight excluding hydrogens is 444 g/mol. The van der Waals surface area contributed by atoms with Crippen molar-refractivity contribution in [2.45, 2.75) is 45.5 Å². The van der Waals surface area contributed by atoms with Crippen molar-refractivity contribution in [3.8, 4) is 5.75 Å². The van der Waals surface area contributed by atoms with Crippen molar-refractivity contribution in [2.24, 2.45) is 0 Å². The maximum absolute atomic E-state index is 14.1. The molecule has 32 heavy (non-hydrogen) atoms. The number of carbonyl (C=O) groups is 2. The molecule has 11 heteroatoms. The molecule has 2 rings (SSSR count). The van der Waals surface area contributed by atoms with Gasteiger partial charge in [0.25, 0.3) is 0 Å². The topological polar surface area (TPSA) is 64.6 Å². The number of hydrogen-bond acceptors (Lipinski definition) is 4. The van der Waals surface area contributed by atoms with Crippen molar-refractivity contribution in [1.29, 1.82) is 0 Å². The standard InChI is InChI=1S/C21H19F6NO4/c1-20(2,3)32-19(30)28-10-13-6-11(4-5-16(13)23)17(29)12-7-14(22)9-15(8-12)31-21(26,27)18(24)25/h4-9,18H,10H2,1-3H3,(H,28,30). The smallest absolute Gasteiger partial charge is 0.444 e. The third-order valence-corrected chi connectivity index (χ3v) is 3.77. The van der Waals surface area contributed by atoms with Gasteiger partial charge >= 0.3 is 18.6 Å². The summed E-state index contributed by atoms with van der Waals surface area (Å²) in [5.74, 6) is -3.87. The van der Waals surface area contributed by atoms with Crippen LogP contribution in [0, 0.1) is 11.6 Å². The van der Waals surface area contributed by atoms with E-state index in [1.54, 1.807) is 20.8 Å². The number of ketones is 1. The average Bonchev–Trinajstić information content (AvgIpc) is 2.64. The fourth-order valence-corrected chi connectivity index (χ4v) is 2.45. The maximum Gasteiger partial charge on any atom is 0.461 e. The Bertz CT molecular complexity index is 1000. The zero-order chi connectivity index (χ0) is 24.3. The lowest BCUT2D eigenvalue weighted by atomic mass is 10.0. The van der Waals surface area contributed by atoms with E-state index in [0.29, 0.717) is 18.2 Å². The summed E-state index contributed by atoms with van der Waals surface area (Å²) < 4.78 is 87.5. The van der Waals surface area contributed by atoms with Crippen LogP contribution < -0.4 is 10.1 Å². The molecule has 0 aromatic heterocycles. The van der Waals surface area contributed by atoms with E-state index < -0.39 is 53.0 Å². The second kappa shape index (κ2) is 9.49. The van der Waals surface area contributed by atoms with Crippen LogP contribution in [0.3, 0.4) is 0 Å². The number of hydrogen-bond donors (Lipinski definition) is 1. The summed E-state index contributed by atoms with van der Waals surface area (Å²) in [5, 5.41) is 2.31. The number of ether oxygens (including phenoxy) is 2. The Morgan fingerprint density at radius 2 is 1.66 bits per heavy atom. The number of amides is 1. The number of benzene rings is 2. The predicted octanol–water partition coefficient (Wildman–Crippen LogP) is 5.46. The highest BCUT2D eigenvalue weighted by molar-refractivity contribution is 6.09. The number of rotatable bonds is 7. The van der Waals surface area contributed by atoms with Gasteiger partial charge in [0.1, 0.15) is 23.0 Å². The molecule has 5 nitrogen and oxygen atoms in total. The summed E-state index contributed by atoms with van der Waals surface area (Å²) in [6.45, 7) is 4.53. The van der Waals surface area contributed by atoms with E-state index in [1.165, 1.54) is 0 Å². The Morgan fingerprint density at radius 1 is 1.00 bits per heavy atom. The van der Waals surface area contributed by atoms with Crippen molar-refractivity contribution in [3.05, 3.63) is 64.7 Å². The lowest BCUT2D eigenvalue weighted by Gasteiger charge is -2.19. The minimum absolute atomic E-state index is 0.112. The van der Waals surface area contributed by atoms with Gasteiger partial charge in [-0.1, -0.05) is 0 Å². The number of halogens is 6. The summed E-state index contributed by atoms with van der Waals surface area (Å²) >= 11 is 0. The van der Waals surface area contributed by atoms with E-state index in [9.17, 15) is 35.9 Å². The fourth-order valence-electron chi connectivity index (χ4n) is 2.45. The molecule has 0 bridgehead atoms. The number of carbonyl (C=O) groups excluding carboxylic acids is 2. The zero-order valence-electron chi connectivity index (χ0n) is 17.1. The third kappa shape index (κ3) is 6.89. The van der Waals surface area contributed by atoms with E-state index >= 15 is 0 Å². The lowest BCUT2D eigenvalue weighted by molar-refractivity contribution is -0.253. The lowest BCUT2D eigenvalue weighted by Crippen LogP contribution is -2.33. The van der Waals surface area contributed by atoms with Crippen LogP contribution in [0.5, 0.6) is 5.75 Å². The van der Waals surface area contributed by atoms with Crippen molar-refractivity contribution < 1.29 is 45.4 Å². The van der Waals surface area contributed by atoms with Gasteiger partial charge < -0.3 is 14.8 Å². The first kappa shape index (κ1) is 25.0. The summed E-state index contributed by atoms with van der Waals surface area (Å²) in [6.07, 6.45) is -9.91. The molecule has 0 radical (unpaired) electrons. The molecule has 0 aliphatic rings. The maximum atomic E-state index is 14.1. The second-order valence-electron chi connectivity index (χ2n) is 7.63. The van der Waals surface area contributed by atoms with Crippen LogP contribution >= 0.6 is 0 Å². The zero-order valence-corrected chi connectivity index (χ0v) is 17.1. The van der Waals surface area contributed by atoms with E-state index in [-0.39, 0.29) is 17.7 Å². The highest BCUT2D eigenvalue weighted by Gasteiger charge is 2.44. The van der Waals surface area contributed by atoms with Crippen LogP contribution in [0.15, 0.2) is 36.4 Å². The van der Waals surface area contributed by atoms with Gasteiger partial charge in [-0.2, -0.15) is 17.6 Å². The van der Waals surface area contributed by atoms with Crippen molar-refractivity contribution in [3.63, 3.8) is 0 Å². The molecule has 0 spiro atoms. The van der Waals surface area contributed by atoms with E-state index in [0.717, 1.165) is 18.2 Å². The summed E-state index contributed by atoms with van der Waals surface area (Å²) in [7, 11) is 0. The molecular formula is C21H19F6NO4. The van der Waals surface area contributed by atoms with Crippen LogP contribution in [0.25, 0.3) is 0 Å². The predicted molar refractivity (Wildman–Crippen MR) is 101 cm³/mol. The molecule has 2 aromatic rings. The first-order valence-electron chi connectivity index (χ1n) is 9.13. The third-order valence-electron chi connectivity index (χ3n) is 3.77. The minimum atomic E-state index is -4.90. The van der Waals surface area contributed by atoms with Gasteiger partial charge in [0.2, 0.25) is 0 Å². The van der Waals surface area contributed by atoms with Gasteiger partial charge in [0, 0.05) is 29.3 Å². The van der Waals surface area contributed by atoms with Crippen molar-refractivity contribution >= 4 is 11.9 Å². The van der Waals surface area contributed by atoms with Crippen LogP contribution in [-0.4, -0.2) is 30.0 Å². The van der Waals surface area contributed by atoms with Crippen LogP contribution in [0.2, 0.25) is 0 Å². The van der Waals surface area contributed by atoms with E-state index in [1.807, 2.05) is 0 Å². The highest BCUT2D eigenvalue weighted by atomic mass is 19.3. The van der Waals surface area contributed by atoms with Crippen molar-refractivity contribution in [1.82, 2.24) is 5.32 Å². The summed E-state index contributed by atoms with van der Waals surface area (Å²) in [5.41, 5.74) is -1.58. The van der Waals surface area contributed by atoms with Gasteiger partial charge in [0.05, 0.1) is 0 Å². The van der Waals surface area contributed by atoms with Gasteiger partial charge in [-0.05, 0) is 51.1 Å². The molecule has 2 aromatic carbocycles. The highest BCUT2D eigenvalue weighted by Crippen LogP contribution is 2.29. The molecule has 0 heterocycles. The Labute approximate surface area is 179 Å². The molecule has 0 atom stereocenters. The quantitative estimate of drug-likeness (QED) is 0.438. The average molecular weight is 463 g/mol. The molecule has 0 saturated carbocycles. The Morgan fingerprint density at radius 3 is 2.25 bits per heavy atom. The Kier molecular flexibility index (Phi) is 7.42. The first-order chi connectivity index (χ1) is 14.7. The molecule has 1 N–H and O–H groups in total.